The summed E-state index contributed by atoms with van der Waals surface area (Å²) in [7, 11) is 1.39. The summed E-state index contributed by atoms with van der Waals surface area (Å²) >= 11 is 0. The van der Waals surface area contributed by atoms with Crippen molar-refractivity contribution in [1.82, 2.24) is 16.0 Å². The van der Waals surface area contributed by atoms with Crippen molar-refractivity contribution in [3.8, 4) is 11.9 Å². The van der Waals surface area contributed by atoms with Gasteiger partial charge in [0, 0.05) is 13.7 Å². The van der Waals surface area contributed by atoms with Gasteiger partial charge in [-0.2, -0.15) is 5.26 Å². The minimum atomic E-state index is -1.12. The highest BCUT2D eigenvalue weighted by Gasteiger charge is 2.31. The van der Waals surface area contributed by atoms with Crippen LogP contribution in [0.15, 0.2) is 24.3 Å². The van der Waals surface area contributed by atoms with Gasteiger partial charge in [-0.05, 0) is 51.0 Å². The molecule has 1 unspecified atom stereocenters. The molecule has 0 aliphatic rings. The quantitative estimate of drug-likeness (QED) is 0.142. The van der Waals surface area contributed by atoms with E-state index in [2.05, 4.69) is 16.0 Å². The van der Waals surface area contributed by atoms with E-state index in [0.29, 0.717) is 18.7 Å². The number of nitrogens with one attached hydrogen (secondary N) is 4. The number of hydrogen-bond donors (Lipinski definition) is 4. The molecule has 0 aliphatic carbocycles. The minimum Gasteiger partial charge on any atom is -0.486 e. The number of ether oxygens (including phenoxy) is 2. The van der Waals surface area contributed by atoms with Crippen LogP contribution in [-0.2, 0) is 14.3 Å². The number of carbonyl (C=O) groups excluding carboxylic acids is 2. The number of Topliss-reactive ketones (excluding diaryl/α,β-unsaturated/α-hetero) is 1. The van der Waals surface area contributed by atoms with Crippen LogP contribution in [0.3, 0.4) is 0 Å². The Hall–Kier alpha value is -3.19. The van der Waals surface area contributed by atoms with Crippen molar-refractivity contribution in [2.45, 2.75) is 38.3 Å². The standard InChI is InChI=1S/C19H26FN5O4/c1-19(2,28-3)17(27)25-15(5-4-10-23-18(22)24-12-21)16(26)11-29-14-8-6-13(20)7-9-14/h6-9,15H,4-5,10-11H2,1-3H3,(H,25,27)(H3,22,23,24). The van der Waals surface area contributed by atoms with Gasteiger partial charge in [0.05, 0.1) is 6.04 Å². The molecule has 0 spiro atoms. The topological polar surface area (TPSA) is 136 Å². The van der Waals surface area contributed by atoms with Crippen LogP contribution in [0.5, 0.6) is 5.75 Å². The highest BCUT2D eigenvalue weighted by atomic mass is 19.1. The Bertz CT molecular complexity index is 746. The van der Waals surface area contributed by atoms with Gasteiger partial charge in [0.25, 0.3) is 5.91 Å². The molecule has 10 heteroatoms. The molecule has 1 aromatic rings. The molecule has 9 nitrogen and oxygen atoms in total. The molecule has 1 rings (SSSR count). The van der Waals surface area contributed by atoms with Gasteiger partial charge in [-0.15, -0.1) is 0 Å². The molecular formula is C19H26FN5O4. The Kier molecular flexibility index (Phi) is 9.55. The molecule has 158 valence electrons. The predicted molar refractivity (Wildman–Crippen MR) is 104 cm³/mol. The molecule has 4 N–H and O–H groups in total. The first-order valence-electron chi connectivity index (χ1n) is 8.94. The zero-order valence-electron chi connectivity index (χ0n) is 16.7. The monoisotopic (exact) mass is 407 g/mol. The molecule has 29 heavy (non-hydrogen) atoms. The molecule has 1 atom stereocenters. The van der Waals surface area contributed by atoms with Gasteiger partial charge in [-0.3, -0.25) is 20.3 Å². The number of nitriles is 1. The van der Waals surface area contributed by atoms with E-state index in [1.165, 1.54) is 31.4 Å². The van der Waals surface area contributed by atoms with Crippen LogP contribution in [-0.4, -0.2) is 49.6 Å². The van der Waals surface area contributed by atoms with Crippen molar-refractivity contribution in [3.63, 3.8) is 0 Å². The fourth-order valence-electron chi connectivity index (χ4n) is 2.14. The van der Waals surface area contributed by atoms with Gasteiger partial charge in [0.15, 0.2) is 12.0 Å². The van der Waals surface area contributed by atoms with E-state index in [4.69, 9.17) is 20.1 Å². The smallest absolute Gasteiger partial charge is 0.252 e. The molecule has 0 aliphatic heterocycles. The zero-order valence-corrected chi connectivity index (χ0v) is 16.7. The maximum atomic E-state index is 13.0. The lowest BCUT2D eigenvalue weighted by atomic mass is 10.0. The minimum absolute atomic E-state index is 0.153. The lowest BCUT2D eigenvalue weighted by Gasteiger charge is -2.26. The van der Waals surface area contributed by atoms with E-state index in [0.717, 1.165) is 0 Å². The molecule has 0 heterocycles. The molecule has 0 radical (unpaired) electrons. The number of methoxy groups -OCH3 is 1. The summed E-state index contributed by atoms with van der Waals surface area (Å²) in [4.78, 5) is 25.0. The van der Waals surface area contributed by atoms with Gasteiger partial charge in [0.1, 0.15) is 23.8 Å². The summed E-state index contributed by atoms with van der Waals surface area (Å²) in [6, 6.07) is 4.41. The number of nitrogens with zero attached hydrogens (tertiary/aromatic N) is 1. The van der Waals surface area contributed by atoms with Crippen molar-refractivity contribution in [2.75, 3.05) is 20.3 Å². The fourth-order valence-corrected chi connectivity index (χ4v) is 2.14. The maximum Gasteiger partial charge on any atom is 0.252 e. The van der Waals surface area contributed by atoms with Gasteiger partial charge in [-0.1, -0.05) is 0 Å². The Balaban J connectivity index is 2.68. The number of amides is 1. The Morgan fingerprint density at radius 1 is 1.31 bits per heavy atom. The third kappa shape index (κ3) is 8.57. The number of halogens is 1. The normalized spacial score (nSPS) is 11.7. The number of carbonyl (C=O) groups is 2. The first-order valence-corrected chi connectivity index (χ1v) is 8.94. The van der Waals surface area contributed by atoms with E-state index in [1.54, 1.807) is 20.0 Å². The molecular weight excluding hydrogens is 381 g/mol. The van der Waals surface area contributed by atoms with Gasteiger partial charge in [0.2, 0.25) is 5.96 Å². The highest BCUT2D eigenvalue weighted by Crippen LogP contribution is 2.13. The zero-order chi connectivity index (χ0) is 21.9. The number of rotatable bonds is 11. The molecule has 0 saturated heterocycles. The van der Waals surface area contributed by atoms with Crippen LogP contribution in [0.4, 0.5) is 4.39 Å². The Morgan fingerprint density at radius 2 is 1.97 bits per heavy atom. The van der Waals surface area contributed by atoms with E-state index in [1.807, 2.05) is 0 Å². The van der Waals surface area contributed by atoms with Gasteiger partial charge < -0.3 is 20.1 Å². The second-order valence-electron chi connectivity index (χ2n) is 6.63. The van der Waals surface area contributed by atoms with Crippen molar-refractivity contribution in [3.05, 3.63) is 30.1 Å². The third-order valence-electron chi connectivity index (χ3n) is 4.10. The molecule has 1 amide bonds. The number of hydrogen-bond acceptors (Lipinski definition) is 6. The number of ketones is 1. The lowest BCUT2D eigenvalue weighted by molar-refractivity contribution is -0.142. The van der Waals surface area contributed by atoms with Gasteiger partial charge >= 0.3 is 0 Å². The second-order valence-corrected chi connectivity index (χ2v) is 6.63. The molecule has 0 fully saturated rings. The van der Waals surface area contributed by atoms with Crippen molar-refractivity contribution >= 4 is 17.6 Å². The maximum absolute atomic E-state index is 13.0. The second kappa shape index (κ2) is 11.6. The fraction of sp³-hybridized carbons (Fsp3) is 0.474. The highest BCUT2D eigenvalue weighted by molar-refractivity contribution is 5.92. The van der Waals surface area contributed by atoms with Crippen LogP contribution >= 0.6 is 0 Å². The molecule has 0 aromatic heterocycles. The average Bonchev–Trinajstić information content (AvgIpc) is 2.69. The van der Waals surface area contributed by atoms with E-state index < -0.39 is 23.4 Å². The number of guanidine groups is 1. The number of benzene rings is 1. The molecule has 1 aromatic carbocycles. The van der Waals surface area contributed by atoms with Crippen LogP contribution in [0.1, 0.15) is 26.7 Å². The van der Waals surface area contributed by atoms with Gasteiger partial charge in [-0.25, -0.2) is 4.39 Å². The van der Waals surface area contributed by atoms with Crippen LogP contribution in [0, 0.1) is 22.7 Å². The average molecular weight is 407 g/mol. The summed E-state index contributed by atoms with van der Waals surface area (Å²) in [6.45, 7) is 3.17. The largest absolute Gasteiger partial charge is 0.486 e. The summed E-state index contributed by atoms with van der Waals surface area (Å²) in [5.41, 5.74) is -1.12. The van der Waals surface area contributed by atoms with Crippen LogP contribution in [0.25, 0.3) is 0 Å². The van der Waals surface area contributed by atoms with Crippen molar-refractivity contribution < 1.29 is 23.5 Å². The summed E-state index contributed by atoms with van der Waals surface area (Å²) in [6.07, 6.45) is 2.34. The SMILES string of the molecule is COC(C)(C)C(=O)NC(CCCNC(=N)NC#N)C(=O)COc1ccc(F)cc1. The Morgan fingerprint density at radius 3 is 2.55 bits per heavy atom. The summed E-state index contributed by atoms with van der Waals surface area (Å²) in [5.74, 6) is -1.05. The Labute approximate surface area is 169 Å². The van der Waals surface area contributed by atoms with Crippen LogP contribution in [0.2, 0.25) is 0 Å². The molecule has 0 bridgehead atoms. The predicted octanol–water partition coefficient (Wildman–Crippen LogP) is 1.06. The third-order valence-corrected chi connectivity index (χ3v) is 4.10. The summed E-state index contributed by atoms with van der Waals surface area (Å²) < 4.78 is 23.5. The lowest BCUT2D eigenvalue weighted by Crippen LogP contribution is -2.51. The first kappa shape index (κ1) is 23.8. The molecule has 0 saturated carbocycles. The van der Waals surface area contributed by atoms with Crippen LogP contribution < -0.4 is 20.7 Å². The van der Waals surface area contributed by atoms with E-state index in [9.17, 15) is 14.0 Å². The van der Waals surface area contributed by atoms with E-state index in [-0.39, 0.29) is 24.8 Å². The first-order chi connectivity index (χ1) is 13.7. The van der Waals surface area contributed by atoms with Crippen molar-refractivity contribution in [1.29, 1.82) is 10.7 Å². The summed E-state index contributed by atoms with van der Waals surface area (Å²) in [5, 5.41) is 23.3. The van der Waals surface area contributed by atoms with E-state index >= 15 is 0 Å². The van der Waals surface area contributed by atoms with Crippen molar-refractivity contribution in [2.24, 2.45) is 0 Å².